The van der Waals surface area contributed by atoms with Crippen molar-refractivity contribution in [3.63, 3.8) is 0 Å². The Kier molecular flexibility index (Phi) is 36.4. The number of nitrogens with two attached hydrogens (primary N) is 1. The molecule has 37 heteroatoms. The van der Waals surface area contributed by atoms with Gasteiger partial charge in [0.15, 0.2) is 56.5 Å². The van der Waals surface area contributed by atoms with Crippen LogP contribution in [0.25, 0.3) is 22.5 Å². The first-order valence-electron chi connectivity index (χ1n) is 34.2. The molecule has 7 aromatic heterocycles. The maximum atomic E-state index is 14.1. The van der Waals surface area contributed by atoms with E-state index in [9.17, 15) is 50.3 Å². The van der Waals surface area contributed by atoms with Gasteiger partial charge in [-0.25, -0.2) is 70.8 Å². The van der Waals surface area contributed by atoms with E-state index >= 15 is 0 Å². The van der Waals surface area contributed by atoms with Crippen molar-refractivity contribution in [3.8, 4) is 52.2 Å². The maximum Gasteiger partial charge on any atom is 0.417 e. The van der Waals surface area contributed by atoms with Crippen LogP contribution < -0.4 is 36.5 Å². The average Bonchev–Trinajstić information content (AvgIpc) is 1.66. The SMILES string of the molecule is CC(C)(C)O.CC(C)(C)OC(=O)Nc1ccnc(Cl)c1F.N#Cc1nccc(N)c1F.N#Cc1nccc(NC(=O)N2CCc3[nH]nc(-c4ccccc4)c3C2)c1F.N#Cc1nccc(NC(=O)Oc2ccccc2)c1F.O=C(Cl)Oc1ccccc1.O=C(O)c1ccnc(Cl)c1F.[2H]CF.c1ccc(-c2n[nH]c3c2CNCC3)cc1. The zero-order valence-corrected chi connectivity index (χ0v) is 64.1. The largest absolute Gasteiger partial charge is 0.478 e. The third kappa shape index (κ3) is 30.9. The van der Waals surface area contributed by atoms with Crippen LogP contribution in [0.1, 0.15) is 92.9 Å². The predicted octanol–water partition coefficient (Wildman–Crippen LogP) is 16.8. The van der Waals surface area contributed by atoms with Gasteiger partial charge < -0.3 is 45.7 Å². The molecule has 4 amide bonds. The Hall–Kier alpha value is -13.6. The Morgan fingerprint density at radius 3 is 1.43 bits per heavy atom. The number of nitrogens with one attached hydrogen (secondary N) is 6. The van der Waals surface area contributed by atoms with Gasteiger partial charge in [0.1, 0.15) is 35.3 Å². The van der Waals surface area contributed by atoms with Crippen LogP contribution >= 0.6 is 34.8 Å². The number of aromatic carboxylic acids is 1. The van der Waals surface area contributed by atoms with Crippen LogP contribution in [0.4, 0.5) is 68.3 Å². The first kappa shape index (κ1) is 90.3. The number of carbonyl (C=O) groups is 5. The molecular formula is C78H73Cl3F6N18O10. The highest BCUT2D eigenvalue weighted by Crippen LogP contribution is 2.30. The summed E-state index contributed by atoms with van der Waals surface area (Å²) in [4.78, 5) is 74.9. The molecule has 0 spiro atoms. The Morgan fingerprint density at radius 1 is 0.565 bits per heavy atom. The van der Waals surface area contributed by atoms with Gasteiger partial charge in [0.2, 0.25) is 0 Å². The second-order valence-corrected chi connectivity index (χ2v) is 25.8. The van der Waals surface area contributed by atoms with Crippen molar-refractivity contribution in [2.75, 3.05) is 41.9 Å². The molecule has 0 saturated carbocycles. The van der Waals surface area contributed by atoms with Crippen LogP contribution in [0.3, 0.4) is 0 Å². The van der Waals surface area contributed by atoms with Crippen molar-refractivity contribution in [1.82, 2.24) is 55.5 Å². The van der Waals surface area contributed by atoms with Crippen molar-refractivity contribution in [3.05, 3.63) is 267 Å². The molecule has 0 fully saturated rings. The Balaban J connectivity index is 0.000000244. The third-order valence-electron chi connectivity index (χ3n) is 14.1. The number of aromatic nitrogens is 9. The lowest BCUT2D eigenvalue weighted by Gasteiger charge is -2.27. The van der Waals surface area contributed by atoms with E-state index in [2.05, 4.69) is 83.5 Å². The number of amides is 4. The fourth-order valence-corrected chi connectivity index (χ4v) is 9.56. The number of anilines is 4. The molecule has 0 radical (unpaired) electrons. The van der Waals surface area contributed by atoms with Gasteiger partial charge in [0.25, 0.3) is 0 Å². The zero-order valence-electron chi connectivity index (χ0n) is 62.8. The normalized spacial score (nSPS) is 11.2. The number of H-pyrrole nitrogens is 2. The lowest BCUT2D eigenvalue weighted by atomic mass is 10.0. The summed E-state index contributed by atoms with van der Waals surface area (Å²) in [5.41, 5.74) is 10.0. The van der Waals surface area contributed by atoms with Crippen molar-refractivity contribution in [1.29, 1.82) is 15.8 Å². The summed E-state index contributed by atoms with van der Waals surface area (Å²) in [6, 6.07) is 47.6. The highest BCUT2D eigenvalue weighted by Gasteiger charge is 2.27. The van der Waals surface area contributed by atoms with Gasteiger partial charge in [-0.3, -0.25) is 25.2 Å². The van der Waals surface area contributed by atoms with E-state index in [1.54, 1.807) is 119 Å². The molecule has 2 aliphatic rings. The Labute approximate surface area is 671 Å². The number of aromatic amines is 2. The van der Waals surface area contributed by atoms with Gasteiger partial charge in [-0.15, -0.1) is 0 Å². The van der Waals surface area contributed by atoms with E-state index in [0.29, 0.717) is 31.0 Å². The minimum atomic E-state index is -1.35. The van der Waals surface area contributed by atoms with Gasteiger partial charge in [-0.1, -0.05) is 120 Å². The van der Waals surface area contributed by atoms with E-state index < -0.39 is 93.5 Å². The van der Waals surface area contributed by atoms with Crippen molar-refractivity contribution >= 4 is 87.2 Å². The Bertz CT molecular complexity index is 5190. The summed E-state index contributed by atoms with van der Waals surface area (Å²) >= 11 is 15.6. The minimum Gasteiger partial charge on any atom is -0.478 e. The van der Waals surface area contributed by atoms with E-state index in [4.69, 9.17) is 77.4 Å². The number of fused-ring (bicyclic) bond motifs is 2. The van der Waals surface area contributed by atoms with Gasteiger partial charge in [-0.05, 0) is 96.1 Å². The topological polar surface area (TPSA) is 424 Å². The third-order valence-corrected chi connectivity index (χ3v) is 14.7. The highest BCUT2D eigenvalue weighted by molar-refractivity contribution is 6.61. The molecule has 0 aliphatic carbocycles. The zero-order chi connectivity index (χ0) is 85.5. The number of urea groups is 1. The Morgan fingerprint density at radius 2 is 0.974 bits per heavy atom. The molecule has 28 nitrogen and oxygen atoms in total. The number of rotatable bonds is 8. The molecule has 0 atom stereocenters. The van der Waals surface area contributed by atoms with E-state index in [0.717, 1.165) is 60.0 Å². The smallest absolute Gasteiger partial charge is 0.417 e. The number of pyridine rings is 5. The summed E-state index contributed by atoms with van der Waals surface area (Å²) in [5, 5.41) is 67.2. The summed E-state index contributed by atoms with van der Waals surface area (Å²) in [6.07, 6.45) is 6.31. The van der Waals surface area contributed by atoms with Crippen molar-refractivity contribution in [2.45, 2.75) is 78.7 Å². The van der Waals surface area contributed by atoms with Crippen LogP contribution in [0, 0.1) is 63.1 Å². The fourth-order valence-electron chi connectivity index (χ4n) is 9.15. The second-order valence-electron chi connectivity index (χ2n) is 24.8. The number of nitrogens with zero attached hydrogens (tertiary/aromatic N) is 11. The van der Waals surface area contributed by atoms with E-state index in [1.807, 2.05) is 54.6 Å². The van der Waals surface area contributed by atoms with E-state index in [1.165, 1.54) is 65.9 Å². The molecule has 4 aromatic carbocycles. The second kappa shape index (κ2) is 46.3. The average molecular weight is 1640 g/mol. The summed E-state index contributed by atoms with van der Waals surface area (Å²) in [5.74, 6) is -4.82. The number of ether oxygens (including phenoxy) is 3. The number of para-hydroxylation sites is 2. The number of carboxylic acid groups (broad SMARTS) is 1. The fraction of sp³-hybridized carbons (Fsp3) is 0.192. The van der Waals surface area contributed by atoms with Gasteiger partial charge in [0, 0.05) is 109 Å². The van der Waals surface area contributed by atoms with Crippen molar-refractivity contribution < 1.29 is 76.1 Å². The number of aliphatic hydroxyl groups is 1. The van der Waals surface area contributed by atoms with Gasteiger partial charge in [0.05, 0.1) is 60.4 Å². The number of nitriles is 3. The minimum absolute atomic E-state index is 0.0495. The van der Waals surface area contributed by atoms with Crippen LogP contribution in [0.15, 0.2) is 183 Å². The molecule has 598 valence electrons. The van der Waals surface area contributed by atoms with Gasteiger partial charge >= 0.3 is 29.6 Å². The number of carboxylic acids is 1. The quantitative estimate of drug-likeness (QED) is 0.0387. The van der Waals surface area contributed by atoms with Crippen LogP contribution in [0.5, 0.6) is 11.5 Å². The number of nitrogen functional groups attached to an aromatic ring is 1. The monoisotopic (exact) mass is 1640 g/mol. The molecule has 2 aliphatic heterocycles. The first-order valence-corrected chi connectivity index (χ1v) is 34.6. The lowest BCUT2D eigenvalue weighted by molar-refractivity contribution is 0.0632. The lowest BCUT2D eigenvalue weighted by Crippen LogP contribution is -2.39. The molecule has 0 unspecified atom stereocenters. The summed E-state index contributed by atoms with van der Waals surface area (Å²) in [6.45, 7) is 13.2. The number of hydrogen-bond donors (Lipinski definition) is 9. The van der Waals surface area contributed by atoms with Crippen LogP contribution in [0.2, 0.25) is 10.3 Å². The number of carbonyl (C=O) groups excluding carboxylic acids is 4. The number of halogens is 9. The van der Waals surface area contributed by atoms with Gasteiger partial charge in [-0.2, -0.15) is 26.0 Å². The maximum absolute atomic E-state index is 14.1. The molecule has 13 rings (SSSR count). The van der Waals surface area contributed by atoms with Crippen LogP contribution in [-0.4, -0.2) is 121 Å². The summed E-state index contributed by atoms with van der Waals surface area (Å²) in [7, 11) is -1.00. The molecule has 0 bridgehead atoms. The first-order chi connectivity index (χ1) is 55.2. The van der Waals surface area contributed by atoms with E-state index in [-0.39, 0.29) is 39.3 Å². The molecule has 10 N–H and O–H groups in total. The summed E-state index contributed by atoms with van der Waals surface area (Å²) < 4.78 is 96.3. The molecule has 0 saturated heterocycles. The number of alkyl halides is 1. The van der Waals surface area contributed by atoms with Crippen LogP contribution in [-0.2, 0) is 30.7 Å². The predicted molar refractivity (Wildman–Crippen MR) is 416 cm³/mol. The molecule has 9 heterocycles. The molecule has 115 heavy (non-hydrogen) atoms. The molecular weight excluding hydrogens is 1570 g/mol. The standard InChI is InChI=1S/C19H15FN6O.C13H8FN3O2.C12H13N3.C10H12ClFN2O2.C7H5ClO2.C6H3ClFNO2.C6H4FN3.C4H10O.CH3F/c20-17-15(6-8-22-16(17)10-21)23-19(27)26-9-7-14-13(11-26)18(25-24-14)12-4-2-1-3-5-12;14-12-10(6-7-16-11(12)8-15)17-13(18)19-9-4-2-1-3-5-9;1-2-4-9(5-3-1)12-10-8-13-7-6-11(10)14-15-12;1-10(2,3)16-9(15)14-6-4-5-13-8(11)7(6)12;8-7(9)10-6-4-2-1-3-5-6;7-5-4(8)3(6(10)11)1-2-9-5;7-6-4(9)1-2-10-5(6)3-8;1-4(2,3)5;1-2/h1-6,8H,7,9,11H2,(H,24,25)(H,22,23,27);1-7H,(H,16,17,18);1-5,13H,6-8H2,(H,14,15);4-5H,1-3H3,(H,13,14,15);1-5H;1-2H,(H,10,11);1-2H,(H2,9,10);5H,1-3H3;1H3/i;;;;;;;;1D. The molecule has 11 aromatic rings. The number of hydrogen-bond acceptors (Lipinski definition) is 21. The number of benzene rings is 4. The highest BCUT2D eigenvalue weighted by atomic mass is 35.5. The van der Waals surface area contributed by atoms with Crippen molar-refractivity contribution in [2.24, 2.45) is 0 Å².